The van der Waals surface area contributed by atoms with Crippen molar-refractivity contribution in [2.45, 2.75) is 50.5 Å². The second kappa shape index (κ2) is 11.1. The van der Waals surface area contributed by atoms with Crippen LogP contribution in [0.1, 0.15) is 49.5 Å². The molecule has 0 aromatic carbocycles. The molecule has 3 fully saturated rings. The molecule has 4 heterocycles. The number of rotatable bonds is 5. The van der Waals surface area contributed by atoms with Gasteiger partial charge in [0.2, 0.25) is 0 Å². The van der Waals surface area contributed by atoms with E-state index in [1.54, 1.807) is 17.3 Å². The molecule has 1 saturated carbocycles. The molecule has 2 aromatic rings. The van der Waals surface area contributed by atoms with Crippen molar-refractivity contribution in [3.8, 4) is 0 Å². The number of hydrogen-bond donors (Lipinski definition) is 2. The number of nitrogens with zero attached hydrogens (tertiary/aromatic N) is 4. The molecule has 194 valence electrons. The van der Waals surface area contributed by atoms with Crippen LogP contribution in [-0.4, -0.2) is 66.4 Å². The topological polar surface area (TPSA) is 91.9 Å². The predicted molar refractivity (Wildman–Crippen MR) is 138 cm³/mol. The Bertz CT molecular complexity index is 1050. The number of piperazine rings is 1. The van der Waals surface area contributed by atoms with Crippen LogP contribution >= 0.6 is 23.2 Å². The highest BCUT2D eigenvalue weighted by molar-refractivity contribution is 6.35. The Kier molecular flexibility index (Phi) is 7.83. The standard InChI is InChI=1S/C25H32Cl2N6O3/c1-15(23-19(26)13-28-14-20(23)27)36-17-4-5-21-18(11-17)24(31-30-21)16-3-6-22(29-12-16)32-7-9-33(10-8-32)25(34)35-2/h3,6,12-15,17-18,21,24,30-31H,4-5,7-11H2,1-2H3/t15-,17?,18?,21?,24?/m1/s1. The second-order valence-electron chi connectivity index (χ2n) is 9.66. The molecule has 5 rings (SSSR count). The Balaban J connectivity index is 1.21. The fourth-order valence-corrected chi connectivity index (χ4v) is 6.32. The first kappa shape index (κ1) is 25.5. The SMILES string of the molecule is COC(=O)N1CCN(c2ccc(C3NNC4CCC(O[C@H](C)c5c(Cl)cncc5Cl)CC43)cn2)CC1. The molecule has 5 atom stereocenters. The lowest BCUT2D eigenvalue weighted by Gasteiger charge is -2.35. The number of pyridine rings is 2. The monoisotopic (exact) mass is 534 g/mol. The average Bonchev–Trinajstić information content (AvgIpc) is 3.31. The van der Waals surface area contributed by atoms with Gasteiger partial charge in [-0.1, -0.05) is 29.3 Å². The number of amides is 1. The van der Waals surface area contributed by atoms with Crippen LogP contribution in [0.3, 0.4) is 0 Å². The quantitative estimate of drug-likeness (QED) is 0.591. The van der Waals surface area contributed by atoms with Crippen molar-refractivity contribution in [3.63, 3.8) is 0 Å². The number of carbonyl (C=O) groups is 1. The van der Waals surface area contributed by atoms with Crippen LogP contribution in [0.15, 0.2) is 30.7 Å². The van der Waals surface area contributed by atoms with E-state index in [4.69, 9.17) is 37.7 Å². The minimum atomic E-state index is -0.275. The maximum Gasteiger partial charge on any atom is 0.409 e. The number of nitrogens with one attached hydrogen (secondary N) is 2. The third-order valence-corrected chi connectivity index (χ3v) is 8.17. The van der Waals surface area contributed by atoms with E-state index in [-0.39, 0.29) is 24.3 Å². The molecule has 2 aliphatic heterocycles. The number of halogens is 2. The van der Waals surface area contributed by atoms with Crippen LogP contribution in [0.4, 0.5) is 10.6 Å². The van der Waals surface area contributed by atoms with E-state index in [9.17, 15) is 4.79 Å². The first-order valence-corrected chi connectivity index (χ1v) is 13.2. The summed E-state index contributed by atoms with van der Waals surface area (Å²) in [5, 5.41) is 1.06. The van der Waals surface area contributed by atoms with Gasteiger partial charge in [-0.3, -0.25) is 10.4 Å². The summed E-state index contributed by atoms with van der Waals surface area (Å²) in [6, 6.07) is 4.78. The van der Waals surface area contributed by atoms with E-state index in [0.717, 1.165) is 49.3 Å². The van der Waals surface area contributed by atoms with Gasteiger partial charge in [0.1, 0.15) is 5.82 Å². The van der Waals surface area contributed by atoms with Crippen LogP contribution in [0.5, 0.6) is 0 Å². The van der Waals surface area contributed by atoms with E-state index in [1.807, 2.05) is 13.1 Å². The molecule has 4 unspecified atom stereocenters. The second-order valence-corrected chi connectivity index (χ2v) is 10.5. The van der Waals surface area contributed by atoms with Crippen molar-refractivity contribution in [1.29, 1.82) is 0 Å². The Labute approximate surface area is 221 Å². The summed E-state index contributed by atoms with van der Waals surface area (Å²) in [6.45, 7) is 4.72. The van der Waals surface area contributed by atoms with Crippen molar-refractivity contribution in [2.75, 3.05) is 38.2 Å². The van der Waals surface area contributed by atoms with Crippen molar-refractivity contribution < 1.29 is 14.3 Å². The minimum Gasteiger partial charge on any atom is -0.453 e. The Hall–Kier alpha value is -2.17. The Morgan fingerprint density at radius 3 is 2.50 bits per heavy atom. The number of ether oxygens (including phenoxy) is 2. The van der Waals surface area contributed by atoms with Gasteiger partial charge in [-0.2, -0.15) is 0 Å². The molecule has 9 nitrogen and oxygen atoms in total. The van der Waals surface area contributed by atoms with Gasteiger partial charge in [0.25, 0.3) is 0 Å². The number of methoxy groups -OCH3 is 1. The smallest absolute Gasteiger partial charge is 0.409 e. The third kappa shape index (κ3) is 5.26. The van der Waals surface area contributed by atoms with Crippen LogP contribution < -0.4 is 15.8 Å². The van der Waals surface area contributed by atoms with Gasteiger partial charge in [0.15, 0.2) is 0 Å². The molecular formula is C25H32Cl2N6O3. The van der Waals surface area contributed by atoms with Crippen LogP contribution in [0, 0.1) is 5.92 Å². The van der Waals surface area contributed by atoms with Crippen molar-refractivity contribution >= 4 is 35.1 Å². The van der Waals surface area contributed by atoms with Gasteiger partial charge in [0, 0.05) is 56.4 Å². The van der Waals surface area contributed by atoms with E-state index >= 15 is 0 Å². The number of hydrazine groups is 1. The summed E-state index contributed by atoms with van der Waals surface area (Å²) in [5.74, 6) is 1.31. The van der Waals surface area contributed by atoms with Gasteiger partial charge in [-0.25, -0.2) is 15.2 Å². The van der Waals surface area contributed by atoms with Crippen molar-refractivity contribution in [1.82, 2.24) is 25.7 Å². The summed E-state index contributed by atoms with van der Waals surface area (Å²) in [4.78, 5) is 24.5. The van der Waals surface area contributed by atoms with Crippen LogP contribution in [-0.2, 0) is 9.47 Å². The Morgan fingerprint density at radius 1 is 1.08 bits per heavy atom. The highest BCUT2D eigenvalue weighted by Gasteiger charge is 2.42. The van der Waals surface area contributed by atoms with E-state index in [1.165, 1.54) is 7.11 Å². The average molecular weight is 535 g/mol. The molecule has 0 radical (unpaired) electrons. The van der Waals surface area contributed by atoms with E-state index < -0.39 is 0 Å². The van der Waals surface area contributed by atoms with E-state index in [0.29, 0.717) is 35.1 Å². The lowest BCUT2D eigenvalue weighted by Crippen LogP contribution is -2.49. The predicted octanol–water partition coefficient (Wildman–Crippen LogP) is 4.14. The van der Waals surface area contributed by atoms with Gasteiger partial charge in [0.05, 0.1) is 35.4 Å². The number of fused-ring (bicyclic) bond motifs is 1. The highest BCUT2D eigenvalue weighted by Crippen LogP contribution is 2.41. The molecule has 2 N–H and O–H groups in total. The Morgan fingerprint density at radius 2 is 1.83 bits per heavy atom. The first-order chi connectivity index (χ1) is 17.4. The number of hydrogen-bond acceptors (Lipinski definition) is 8. The summed E-state index contributed by atoms with van der Waals surface area (Å²) in [7, 11) is 1.42. The fourth-order valence-electron chi connectivity index (χ4n) is 5.65. The molecule has 2 aromatic heterocycles. The van der Waals surface area contributed by atoms with Crippen molar-refractivity contribution in [2.24, 2.45) is 5.92 Å². The lowest BCUT2D eigenvalue weighted by molar-refractivity contribution is -0.0370. The zero-order chi connectivity index (χ0) is 25.2. The van der Waals surface area contributed by atoms with Crippen molar-refractivity contribution in [3.05, 3.63) is 51.9 Å². The van der Waals surface area contributed by atoms with Gasteiger partial charge in [-0.05, 0) is 43.7 Å². The summed E-state index contributed by atoms with van der Waals surface area (Å²) < 4.78 is 11.3. The fraction of sp³-hybridized carbons (Fsp3) is 0.560. The maximum absolute atomic E-state index is 11.7. The zero-order valence-electron chi connectivity index (χ0n) is 20.5. The molecule has 2 saturated heterocycles. The lowest BCUT2D eigenvalue weighted by atomic mass is 9.78. The molecule has 1 aliphatic carbocycles. The number of aromatic nitrogens is 2. The molecule has 0 spiro atoms. The molecule has 11 heteroatoms. The van der Waals surface area contributed by atoms with Gasteiger partial charge >= 0.3 is 6.09 Å². The number of anilines is 1. The summed E-state index contributed by atoms with van der Waals surface area (Å²) >= 11 is 12.7. The van der Waals surface area contributed by atoms with Gasteiger partial charge in [-0.15, -0.1) is 0 Å². The zero-order valence-corrected chi connectivity index (χ0v) is 22.0. The molecule has 0 bridgehead atoms. The third-order valence-electron chi connectivity index (χ3n) is 7.56. The molecular weight excluding hydrogens is 503 g/mol. The molecule has 1 amide bonds. The number of carbonyl (C=O) groups excluding carboxylic acids is 1. The summed E-state index contributed by atoms with van der Waals surface area (Å²) in [5.41, 5.74) is 8.93. The first-order valence-electron chi connectivity index (χ1n) is 12.4. The van der Waals surface area contributed by atoms with E-state index in [2.05, 4.69) is 32.9 Å². The normalized spacial score (nSPS) is 27.0. The molecule has 3 aliphatic rings. The largest absolute Gasteiger partial charge is 0.453 e. The highest BCUT2D eigenvalue weighted by atomic mass is 35.5. The molecule has 36 heavy (non-hydrogen) atoms. The summed E-state index contributed by atoms with van der Waals surface area (Å²) in [6.07, 6.45) is 7.74. The van der Waals surface area contributed by atoms with Crippen LogP contribution in [0.25, 0.3) is 0 Å². The van der Waals surface area contributed by atoms with Gasteiger partial charge < -0.3 is 19.3 Å². The minimum absolute atomic E-state index is 0.115. The maximum atomic E-state index is 11.7. The van der Waals surface area contributed by atoms with Crippen LogP contribution in [0.2, 0.25) is 10.0 Å².